The Labute approximate surface area is 200 Å². The molecular formula is C24H26N8O3. The van der Waals surface area contributed by atoms with Crippen LogP contribution in [0, 0.1) is 0 Å². The van der Waals surface area contributed by atoms with Crippen molar-refractivity contribution in [3.63, 3.8) is 0 Å². The van der Waals surface area contributed by atoms with Crippen LogP contribution in [0.5, 0.6) is 5.75 Å². The first-order valence-corrected chi connectivity index (χ1v) is 11.9. The monoisotopic (exact) mass is 474 g/mol. The molecule has 11 heteroatoms. The zero-order valence-electron chi connectivity index (χ0n) is 19.2. The quantitative estimate of drug-likeness (QED) is 0.425. The third kappa shape index (κ3) is 4.24. The van der Waals surface area contributed by atoms with E-state index in [1.165, 1.54) is 0 Å². The molecule has 2 aliphatic heterocycles. The molecule has 2 N–H and O–H groups in total. The van der Waals surface area contributed by atoms with Crippen LogP contribution in [0.25, 0.3) is 16.7 Å². The third-order valence-electron chi connectivity index (χ3n) is 6.75. The van der Waals surface area contributed by atoms with E-state index in [1.54, 1.807) is 10.7 Å². The molecule has 1 saturated heterocycles. The average Bonchev–Trinajstić information content (AvgIpc) is 3.38. The zero-order valence-corrected chi connectivity index (χ0v) is 19.2. The Kier molecular flexibility index (Phi) is 5.63. The van der Waals surface area contributed by atoms with Crippen LogP contribution in [-0.2, 0) is 17.9 Å². The van der Waals surface area contributed by atoms with Gasteiger partial charge >= 0.3 is 0 Å². The number of fused-ring (bicyclic) bond motifs is 4. The van der Waals surface area contributed by atoms with Crippen molar-refractivity contribution in [2.45, 2.75) is 32.0 Å². The fraction of sp³-hybridized carbons (Fsp3) is 0.375. The highest BCUT2D eigenvalue weighted by Gasteiger charge is 2.21. The van der Waals surface area contributed by atoms with E-state index < -0.39 is 0 Å². The van der Waals surface area contributed by atoms with Gasteiger partial charge in [0, 0.05) is 25.7 Å². The van der Waals surface area contributed by atoms with E-state index in [-0.39, 0.29) is 18.1 Å². The molecule has 0 spiro atoms. The molecule has 5 heterocycles. The van der Waals surface area contributed by atoms with Crippen molar-refractivity contribution >= 4 is 28.4 Å². The van der Waals surface area contributed by atoms with Crippen LogP contribution in [0.15, 0.2) is 47.5 Å². The molecule has 4 aromatic rings. The molecule has 0 aliphatic carbocycles. The maximum atomic E-state index is 13.0. The predicted molar refractivity (Wildman–Crippen MR) is 129 cm³/mol. The van der Waals surface area contributed by atoms with Gasteiger partial charge in [0.25, 0.3) is 11.5 Å². The summed E-state index contributed by atoms with van der Waals surface area (Å²) in [6.45, 7) is 3.98. The van der Waals surface area contributed by atoms with Crippen LogP contribution in [0.1, 0.15) is 18.5 Å². The number of aromatic nitrogens is 5. The van der Waals surface area contributed by atoms with Gasteiger partial charge in [0.15, 0.2) is 18.2 Å². The van der Waals surface area contributed by atoms with Gasteiger partial charge in [-0.05, 0) is 50.2 Å². The van der Waals surface area contributed by atoms with Gasteiger partial charge in [-0.15, -0.1) is 10.2 Å². The van der Waals surface area contributed by atoms with Gasteiger partial charge in [-0.2, -0.15) is 0 Å². The van der Waals surface area contributed by atoms with Gasteiger partial charge in [-0.25, -0.2) is 4.98 Å². The van der Waals surface area contributed by atoms with Crippen molar-refractivity contribution in [2.75, 3.05) is 31.6 Å². The molecule has 3 aromatic heterocycles. The highest BCUT2D eigenvalue weighted by Crippen LogP contribution is 2.25. The van der Waals surface area contributed by atoms with E-state index in [2.05, 4.69) is 30.7 Å². The Morgan fingerprint density at radius 1 is 1.06 bits per heavy atom. The highest BCUT2D eigenvalue weighted by molar-refractivity contribution is 5.94. The Balaban J connectivity index is 1.05. The Morgan fingerprint density at radius 3 is 2.74 bits per heavy atom. The first-order valence-electron chi connectivity index (χ1n) is 11.9. The molecule has 1 aromatic carbocycles. The predicted octanol–water partition coefficient (Wildman–Crippen LogP) is 1.02. The largest absolute Gasteiger partial charge is 0.480 e. The van der Waals surface area contributed by atoms with Gasteiger partial charge in [0.1, 0.15) is 6.33 Å². The molecule has 2 aliphatic rings. The minimum atomic E-state index is -0.181. The molecule has 0 bridgehead atoms. The van der Waals surface area contributed by atoms with E-state index in [4.69, 9.17) is 4.74 Å². The second kappa shape index (κ2) is 9.08. The fourth-order valence-corrected chi connectivity index (χ4v) is 4.86. The Bertz CT molecular complexity index is 1450. The number of benzene rings is 1. The molecule has 35 heavy (non-hydrogen) atoms. The number of anilines is 1. The number of piperidine rings is 1. The molecule has 0 atom stereocenters. The minimum absolute atomic E-state index is 0.0326. The van der Waals surface area contributed by atoms with Crippen molar-refractivity contribution < 1.29 is 9.53 Å². The number of carbonyl (C=O) groups excluding carboxylic acids is 1. The molecule has 1 fully saturated rings. The highest BCUT2D eigenvalue weighted by atomic mass is 16.5. The summed E-state index contributed by atoms with van der Waals surface area (Å²) in [7, 11) is 0. The summed E-state index contributed by atoms with van der Waals surface area (Å²) in [6.07, 6.45) is 3.62. The van der Waals surface area contributed by atoms with Crippen molar-refractivity contribution in [1.82, 2.24) is 34.4 Å². The summed E-state index contributed by atoms with van der Waals surface area (Å²) >= 11 is 0. The van der Waals surface area contributed by atoms with E-state index in [0.717, 1.165) is 49.2 Å². The Hall–Kier alpha value is -3.83. The van der Waals surface area contributed by atoms with Crippen LogP contribution < -0.4 is 20.9 Å². The molecule has 0 unspecified atom stereocenters. The van der Waals surface area contributed by atoms with Gasteiger partial charge in [0.2, 0.25) is 5.65 Å². The summed E-state index contributed by atoms with van der Waals surface area (Å²) in [4.78, 5) is 31.5. The van der Waals surface area contributed by atoms with Gasteiger partial charge in [0.05, 0.1) is 16.7 Å². The lowest BCUT2D eigenvalue weighted by molar-refractivity contribution is -0.118. The summed E-state index contributed by atoms with van der Waals surface area (Å²) in [5.74, 6) is 0.915. The van der Waals surface area contributed by atoms with Gasteiger partial charge < -0.3 is 24.8 Å². The van der Waals surface area contributed by atoms with E-state index in [0.29, 0.717) is 36.3 Å². The standard InChI is InChI=1S/C24H26N8O3/c33-21-14-35-20-6-5-17(27-22(20)28-21)13-25-16-7-9-30(10-8-16)11-12-31-18-3-1-2-4-19(18)32-15-26-29-23(32)24(31)34/h1-6,15-16,25H,7-14H2,(H,27,28,33). The third-order valence-corrected chi connectivity index (χ3v) is 6.75. The second-order valence-electron chi connectivity index (χ2n) is 8.95. The van der Waals surface area contributed by atoms with Gasteiger partial charge in [-0.1, -0.05) is 12.1 Å². The number of nitrogens with one attached hydrogen (secondary N) is 2. The first-order chi connectivity index (χ1) is 17.2. The number of rotatable bonds is 6. The summed E-state index contributed by atoms with van der Waals surface area (Å²) in [5.41, 5.74) is 2.93. The fourth-order valence-electron chi connectivity index (χ4n) is 4.86. The average molecular weight is 475 g/mol. The van der Waals surface area contributed by atoms with Crippen molar-refractivity contribution in [2.24, 2.45) is 0 Å². The number of pyridine rings is 1. The topological polar surface area (TPSA) is 119 Å². The lowest BCUT2D eigenvalue weighted by Crippen LogP contribution is -2.43. The van der Waals surface area contributed by atoms with Crippen LogP contribution in [0.2, 0.25) is 0 Å². The van der Waals surface area contributed by atoms with Crippen molar-refractivity contribution in [3.8, 4) is 5.75 Å². The van der Waals surface area contributed by atoms with Crippen LogP contribution in [0.4, 0.5) is 5.82 Å². The van der Waals surface area contributed by atoms with Gasteiger partial charge in [-0.3, -0.25) is 14.0 Å². The number of para-hydroxylation sites is 2. The SMILES string of the molecule is O=C1COc2ccc(CNC3CCN(CCn4c(=O)c5nncn5c5ccccc54)CC3)nc2N1. The smallest absolute Gasteiger partial charge is 0.296 e. The number of hydrogen-bond donors (Lipinski definition) is 2. The number of ether oxygens (including phenoxy) is 1. The number of nitrogens with zero attached hydrogens (tertiary/aromatic N) is 6. The maximum absolute atomic E-state index is 13.0. The van der Waals surface area contributed by atoms with Crippen molar-refractivity contribution in [1.29, 1.82) is 0 Å². The van der Waals surface area contributed by atoms with Crippen molar-refractivity contribution in [3.05, 3.63) is 58.8 Å². The molecule has 180 valence electrons. The molecular weight excluding hydrogens is 448 g/mol. The number of amides is 1. The minimum Gasteiger partial charge on any atom is -0.480 e. The van der Waals surface area contributed by atoms with Crippen LogP contribution in [0.3, 0.4) is 0 Å². The summed E-state index contributed by atoms with van der Waals surface area (Å²) < 4.78 is 8.94. The molecule has 0 radical (unpaired) electrons. The van der Waals surface area contributed by atoms with E-state index in [1.807, 2.05) is 41.0 Å². The zero-order chi connectivity index (χ0) is 23.8. The maximum Gasteiger partial charge on any atom is 0.296 e. The number of carbonyl (C=O) groups is 1. The molecule has 6 rings (SSSR count). The van der Waals surface area contributed by atoms with Crippen LogP contribution in [-0.4, -0.2) is 67.2 Å². The molecule has 11 nitrogen and oxygen atoms in total. The summed E-state index contributed by atoms with van der Waals surface area (Å²) in [6, 6.07) is 12.0. The lowest BCUT2D eigenvalue weighted by atomic mass is 10.0. The van der Waals surface area contributed by atoms with E-state index >= 15 is 0 Å². The number of hydrogen-bond acceptors (Lipinski definition) is 8. The molecule has 0 saturated carbocycles. The normalized spacial score (nSPS) is 16.9. The second-order valence-corrected chi connectivity index (χ2v) is 8.95. The molecule has 1 amide bonds. The van der Waals surface area contributed by atoms with E-state index in [9.17, 15) is 9.59 Å². The van der Waals surface area contributed by atoms with Crippen LogP contribution >= 0.6 is 0 Å². The number of likely N-dealkylation sites (tertiary alicyclic amines) is 1. The first kappa shape index (κ1) is 21.7. The Morgan fingerprint density at radius 2 is 1.89 bits per heavy atom. The summed E-state index contributed by atoms with van der Waals surface area (Å²) in [5, 5.41) is 14.3. The lowest BCUT2D eigenvalue weighted by Gasteiger charge is -2.32.